The number of aromatic nitrogens is 1. The van der Waals surface area contributed by atoms with Crippen molar-refractivity contribution in [2.75, 3.05) is 5.32 Å². The number of nitrogens with zero attached hydrogens (tertiary/aromatic N) is 1. The van der Waals surface area contributed by atoms with Crippen molar-refractivity contribution in [3.63, 3.8) is 0 Å². The second-order valence-corrected chi connectivity index (χ2v) is 6.26. The van der Waals surface area contributed by atoms with Gasteiger partial charge in [0.1, 0.15) is 11.3 Å². The number of aromatic amines is 1. The number of H-pyrrole nitrogens is 1. The molecule has 128 valence electrons. The summed E-state index contributed by atoms with van der Waals surface area (Å²) in [6, 6.07) is 8.44. The van der Waals surface area contributed by atoms with Crippen LogP contribution in [0.4, 0.5) is 5.69 Å². The van der Waals surface area contributed by atoms with Crippen molar-refractivity contribution in [2.45, 2.75) is 19.8 Å². The Morgan fingerprint density at radius 2 is 2.00 bits per heavy atom. The molecule has 1 unspecified atom stereocenters. The number of allylic oxidation sites excluding steroid dienone is 2. The van der Waals surface area contributed by atoms with E-state index in [1.807, 2.05) is 0 Å². The molecule has 3 heterocycles. The maximum Gasteiger partial charge on any atom is 0.252 e. The van der Waals surface area contributed by atoms with E-state index in [0.29, 0.717) is 44.9 Å². The van der Waals surface area contributed by atoms with Gasteiger partial charge in [0.05, 0.1) is 17.9 Å². The molecule has 0 bridgehead atoms. The number of aryl methyl sites for hydroxylation is 1. The Balaban J connectivity index is 2.14. The van der Waals surface area contributed by atoms with Crippen LogP contribution < -0.4 is 16.3 Å². The van der Waals surface area contributed by atoms with Gasteiger partial charge in [-0.3, -0.25) is 9.59 Å². The first-order valence-corrected chi connectivity index (χ1v) is 8.11. The second kappa shape index (κ2) is 5.74. The van der Waals surface area contributed by atoms with Crippen molar-refractivity contribution >= 4 is 16.7 Å². The summed E-state index contributed by atoms with van der Waals surface area (Å²) in [5.41, 5.74) is 2.80. The van der Waals surface area contributed by atoms with Gasteiger partial charge in [-0.2, -0.15) is 0 Å². The minimum atomic E-state index is -0.609. The van der Waals surface area contributed by atoms with E-state index in [0.717, 1.165) is 0 Å². The first-order valence-electron chi connectivity index (χ1n) is 8.11. The molecule has 2 aromatic heterocycles. The largest absolute Gasteiger partial charge is 0.461 e. The Hall–Kier alpha value is -3.59. The molecule has 0 amide bonds. The predicted octanol–water partition coefficient (Wildman–Crippen LogP) is 3.50. The molecular formula is C20H15N3O3. The zero-order valence-electron chi connectivity index (χ0n) is 14.2. The molecule has 0 spiro atoms. The fraction of sp³-hybridized carbons (Fsp3) is 0.150. The standard InChI is InChI=1S/C20H15N3O3/c1-10-9-15(24)12-5-4-6-13(19(12)26-10)16-17-14(7-8-22-20(17)25)23-11(2)18(16)21-3/h4-9,16,23H,1-2H3,(H,22,25). The van der Waals surface area contributed by atoms with Crippen molar-refractivity contribution in [3.8, 4) is 0 Å². The highest BCUT2D eigenvalue weighted by Gasteiger charge is 2.33. The van der Waals surface area contributed by atoms with Crippen LogP contribution in [0, 0.1) is 13.5 Å². The molecule has 2 N–H and O–H groups in total. The van der Waals surface area contributed by atoms with Gasteiger partial charge >= 0.3 is 0 Å². The van der Waals surface area contributed by atoms with Crippen LogP contribution in [0.2, 0.25) is 0 Å². The van der Waals surface area contributed by atoms with Gasteiger partial charge in [0.25, 0.3) is 5.56 Å². The molecule has 6 heteroatoms. The Labute approximate surface area is 148 Å². The molecule has 0 aliphatic carbocycles. The highest BCUT2D eigenvalue weighted by atomic mass is 16.3. The van der Waals surface area contributed by atoms with E-state index in [4.69, 9.17) is 11.0 Å². The zero-order chi connectivity index (χ0) is 18.4. The summed E-state index contributed by atoms with van der Waals surface area (Å²) in [5.74, 6) is -0.126. The van der Waals surface area contributed by atoms with Crippen LogP contribution in [0.15, 0.2) is 61.9 Å². The van der Waals surface area contributed by atoms with Crippen LogP contribution in [-0.4, -0.2) is 4.98 Å². The van der Waals surface area contributed by atoms with Crippen LogP contribution in [-0.2, 0) is 0 Å². The minimum Gasteiger partial charge on any atom is -0.461 e. The maximum atomic E-state index is 12.6. The number of anilines is 1. The molecule has 4 rings (SSSR count). The molecule has 0 fully saturated rings. The second-order valence-electron chi connectivity index (χ2n) is 6.26. The molecule has 3 aromatic rings. The lowest BCUT2D eigenvalue weighted by Gasteiger charge is -2.27. The smallest absolute Gasteiger partial charge is 0.252 e. The van der Waals surface area contributed by atoms with Crippen LogP contribution in [0.5, 0.6) is 0 Å². The van der Waals surface area contributed by atoms with Gasteiger partial charge in [-0.25, -0.2) is 4.85 Å². The average molecular weight is 345 g/mol. The molecule has 1 atom stereocenters. The highest BCUT2D eigenvalue weighted by Crippen LogP contribution is 2.42. The number of nitrogens with one attached hydrogen (secondary N) is 2. The zero-order valence-corrected chi connectivity index (χ0v) is 14.2. The third-order valence-electron chi connectivity index (χ3n) is 4.61. The molecule has 1 aliphatic rings. The van der Waals surface area contributed by atoms with Crippen molar-refractivity contribution in [2.24, 2.45) is 0 Å². The topological polar surface area (TPSA) is 79.5 Å². The summed E-state index contributed by atoms with van der Waals surface area (Å²) in [5, 5.41) is 3.56. The predicted molar refractivity (Wildman–Crippen MR) is 99.1 cm³/mol. The molecule has 0 saturated carbocycles. The van der Waals surface area contributed by atoms with Crippen LogP contribution in [0.3, 0.4) is 0 Å². The summed E-state index contributed by atoms with van der Waals surface area (Å²) < 4.78 is 5.85. The Bertz CT molecular complexity index is 1240. The fourth-order valence-electron chi connectivity index (χ4n) is 3.50. The van der Waals surface area contributed by atoms with E-state index in [2.05, 4.69) is 15.1 Å². The van der Waals surface area contributed by atoms with E-state index in [-0.39, 0.29) is 11.0 Å². The van der Waals surface area contributed by atoms with Gasteiger partial charge < -0.3 is 14.7 Å². The van der Waals surface area contributed by atoms with Gasteiger partial charge in [0, 0.05) is 29.2 Å². The van der Waals surface area contributed by atoms with Crippen molar-refractivity contribution in [1.29, 1.82) is 0 Å². The van der Waals surface area contributed by atoms with Gasteiger partial charge in [0.2, 0.25) is 0 Å². The van der Waals surface area contributed by atoms with Gasteiger partial charge in [0.15, 0.2) is 11.1 Å². The van der Waals surface area contributed by atoms with Crippen LogP contribution in [0.1, 0.15) is 29.7 Å². The lowest BCUT2D eigenvalue weighted by atomic mass is 9.84. The van der Waals surface area contributed by atoms with E-state index in [1.54, 1.807) is 44.3 Å². The molecule has 26 heavy (non-hydrogen) atoms. The fourth-order valence-corrected chi connectivity index (χ4v) is 3.50. The number of rotatable bonds is 1. The molecule has 0 radical (unpaired) electrons. The van der Waals surface area contributed by atoms with Crippen molar-refractivity contribution in [3.05, 3.63) is 96.8 Å². The Kier molecular flexibility index (Phi) is 3.51. The van der Waals surface area contributed by atoms with Gasteiger partial charge in [-0.1, -0.05) is 12.1 Å². The summed E-state index contributed by atoms with van der Waals surface area (Å²) >= 11 is 0. The average Bonchev–Trinajstić information content (AvgIpc) is 2.60. The SMILES string of the molecule is [C-]#[N+]C1=C(C)Nc2cc[nH]c(=O)c2C1c1cccc2c(=O)cc(C)oc12. The maximum absolute atomic E-state index is 12.6. The lowest BCUT2D eigenvalue weighted by Crippen LogP contribution is -2.25. The number of fused-ring (bicyclic) bond motifs is 2. The molecule has 1 aromatic carbocycles. The van der Waals surface area contributed by atoms with Crippen molar-refractivity contribution < 1.29 is 4.42 Å². The lowest BCUT2D eigenvalue weighted by molar-refractivity contribution is 0.559. The Morgan fingerprint density at radius 1 is 1.19 bits per heavy atom. The summed E-state index contributed by atoms with van der Waals surface area (Å²) in [4.78, 5) is 31.3. The minimum absolute atomic E-state index is 0.146. The monoisotopic (exact) mass is 345 g/mol. The normalized spacial score (nSPS) is 16.1. The summed E-state index contributed by atoms with van der Waals surface area (Å²) in [6.07, 6.45) is 1.56. The number of para-hydroxylation sites is 1. The molecular weight excluding hydrogens is 330 g/mol. The van der Waals surface area contributed by atoms with E-state index < -0.39 is 5.92 Å². The summed E-state index contributed by atoms with van der Waals surface area (Å²) in [6.45, 7) is 11.1. The van der Waals surface area contributed by atoms with Crippen LogP contribution in [0.25, 0.3) is 15.8 Å². The van der Waals surface area contributed by atoms with Gasteiger partial charge in [-0.05, 0) is 31.5 Å². The quantitative estimate of drug-likeness (QED) is 0.662. The molecule has 0 saturated heterocycles. The first kappa shape index (κ1) is 15.9. The number of benzene rings is 1. The highest BCUT2D eigenvalue weighted by molar-refractivity contribution is 5.82. The third-order valence-corrected chi connectivity index (χ3v) is 4.61. The molecule has 1 aliphatic heterocycles. The Morgan fingerprint density at radius 3 is 2.77 bits per heavy atom. The molecule has 6 nitrogen and oxygen atoms in total. The number of hydrogen-bond acceptors (Lipinski definition) is 4. The van der Waals surface area contributed by atoms with Crippen LogP contribution >= 0.6 is 0 Å². The van der Waals surface area contributed by atoms with E-state index in [1.165, 1.54) is 6.07 Å². The number of pyridine rings is 1. The van der Waals surface area contributed by atoms with Crippen molar-refractivity contribution in [1.82, 2.24) is 4.98 Å². The number of hydrogen-bond donors (Lipinski definition) is 2. The first-order chi connectivity index (χ1) is 12.5. The van der Waals surface area contributed by atoms with E-state index in [9.17, 15) is 9.59 Å². The van der Waals surface area contributed by atoms with E-state index >= 15 is 0 Å². The summed E-state index contributed by atoms with van der Waals surface area (Å²) in [7, 11) is 0. The van der Waals surface area contributed by atoms with Gasteiger partial charge in [-0.15, -0.1) is 0 Å². The third kappa shape index (κ3) is 2.25.